The fourth-order valence-electron chi connectivity index (χ4n) is 1.48. The topological polar surface area (TPSA) is 60.2 Å². The largest absolute Gasteiger partial charge is 0.330 e. The maximum atomic E-state index is 11.9. The molecule has 0 fully saturated rings. The highest BCUT2D eigenvalue weighted by atomic mass is 35.5. The summed E-state index contributed by atoms with van der Waals surface area (Å²) in [5.74, 6) is 0.205. The van der Waals surface area contributed by atoms with Gasteiger partial charge in [-0.05, 0) is 43.1 Å². The molecule has 0 heterocycles. The van der Waals surface area contributed by atoms with E-state index in [1.165, 1.54) is 12.1 Å². The van der Waals surface area contributed by atoms with Crippen molar-refractivity contribution in [2.45, 2.75) is 18.2 Å². The van der Waals surface area contributed by atoms with E-state index in [-0.39, 0.29) is 11.7 Å². The summed E-state index contributed by atoms with van der Waals surface area (Å²) >= 11 is 5.71. The monoisotopic (exact) mass is 261 g/mol. The van der Waals surface area contributed by atoms with E-state index in [1.54, 1.807) is 12.1 Å². The Balaban J connectivity index is 2.82. The molecule has 2 N–H and O–H groups in total. The quantitative estimate of drug-likeness (QED) is 0.883. The van der Waals surface area contributed by atoms with Crippen molar-refractivity contribution in [3.05, 3.63) is 29.3 Å². The van der Waals surface area contributed by atoms with Gasteiger partial charge in [0, 0.05) is 5.02 Å². The zero-order chi connectivity index (χ0) is 12.2. The Labute approximate surface area is 102 Å². The van der Waals surface area contributed by atoms with E-state index in [1.807, 2.05) is 6.92 Å². The number of hydrogen-bond donors (Lipinski definition) is 1. The minimum absolute atomic E-state index is 0.0747. The molecule has 16 heavy (non-hydrogen) atoms. The van der Waals surface area contributed by atoms with Crippen LogP contribution in [0.1, 0.15) is 13.3 Å². The van der Waals surface area contributed by atoms with Gasteiger partial charge < -0.3 is 5.73 Å². The van der Waals surface area contributed by atoms with Crippen LogP contribution in [0.15, 0.2) is 29.2 Å². The van der Waals surface area contributed by atoms with Gasteiger partial charge in [0.25, 0.3) is 0 Å². The van der Waals surface area contributed by atoms with Gasteiger partial charge in [0.1, 0.15) is 0 Å². The summed E-state index contributed by atoms with van der Waals surface area (Å²) in [6, 6.07) is 6.24. The van der Waals surface area contributed by atoms with E-state index < -0.39 is 9.84 Å². The smallest absolute Gasteiger partial charge is 0.178 e. The Morgan fingerprint density at radius 1 is 1.31 bits per heavy atom. The van der Waals surface area contributed by atoms with Gasteiger partial charge in [0.05, 0.1) is 10.6 Å². The van der Waals surface area contributed by atoms with Crippen LogP contribution in [0.25, 0.3) is 0 Å². The number of nitrogens with two attached hydrogens (primary N) is 1. The number of benzene rings is 1. The molecule has 90 valence electrons. The average Bonchev–Trinajstić information content (AvgIpc) is 2.17. The summed E-state index contributed by atoms with van der Waals surface area (Å²) in [7, 11) is -3.21. The minimum atomic E-state index is -3.21. The molecule has 1 aromatic carbocycles. The standard InChI is InChI=1S/C11H16ClNO2S/c1-9(6-7-13)8-16(14,15)11-4-2-10(12)3-5-11/h2-5,9H,6-8,13H2,1H3. The molecule has 3 nitrogen and oxygen atoms in total. The van der Waals surface area contributed by atoms with Crippen LogP contribution in [0.5, 0.6) is 0 Å². The third kappa shape index (κ3) is 3.77. The zero-order valence-corrected chi connectivity index (χ0v) is 10.8. The Bertz CT molecular complexity index is 428. The maximum Gasteiger partial charge on any atom is 0.178 e. The van der Waals surface area contributed by atoms with Gasteiger partial charge in [0.15, 0.2) is 9.84 Å². The minimum Gasteiger partial charge on any atom is -0.330 e. The molecule has 0 aliphatic carbocycles. The number of sulfone groups is 1. The van der Waals surface area contributed by atoms with E-state index in [9.17, 15) is 8.42 Å². The molecule has 0 saturated carbocycles. The van der Waals surface area contributed by atoms with Crippen molar-refractivity contribution in [3.8, 4) is 0 Å². The molecular formula is C11H16ClNO2S. The van der Waals surface area contributed by atoms with Crippen molar-refractivity contribution in [2.75, 3.05) is 12.3 Å². The molecule has 5 heteroatoms. The van der Waals surface area contributed by atoms with Gasteiger partial charge >= 0.3 is 0 Å². The van der Waals surface area contributed by atoms with E-state index in [4.69, 9.17) is 17.3 Å². The molecule has 1 rings (SSSR count). The lowest BCUT2D eigenvalue weighted by molar-refractivity contribution is 0.554. The van der Waals surface area contributed by atoms with Crippen molar-refractivity contribution in [1.29, 1.82) is 0 Å². The van der Waals surface area contributed by atoms with Crippen molar-refractivity contribution in [3.63, 3.8) is 0 Å². The summed E-state index contributed by atoms with van der Waals surface area (Å²) in [5, 5.41) is 0.536. The number of rotatable bonds is 5. The fourth-order valence-corrected chi connectivity index (χ4v) is 3.27. The van der Waals surface area contributed by atoms with Crippen LogP contribution in [-0.2, 0) is 9.84 Å². The molecule has 0 amide bonds. The van der Waals surface area contributed by atoms with Gasteiger partial charge in [-0.25, -0.2) is 8.42 Å². The van der Waals surface area contributed by atoms with Gasteiger partial charge in [0.2, 0.25) is 0 Å². The van der Waals surface area contributed by atoms with Gasteiger partial charge in [-0.2, -0.15) is 0 Å². The van der Waals surface area contributed by atoms with Gasteiger partial charge in [-0.1, -0.05) is 18.5 Å². The molecule has 0 aliphatic rings. The molecule has 0 aromatic heterocycles. The van der Waals surface area contributed by atoms with Crippen LogP contribution in [0, 0.1) is 5.92 Å². The van der Waals surface area contributed by atoms with Crippen molar-refractivity contribution < 1.29 is 8.42 Å². The highest BCUT2D eigenvalue weighted by Crippen LogP contribution is 2.18. The Hall–Kier alpha value is -0.580. The van der Waals surface area contributed by atoms with E-state index in [0.29, 0.717) is 22.9 Å². The predicted octanol–water partition coefficient (Wildman–Crippen LogP) is 2.10. The van der Waals surface area contributed by atoms with Gasteiger partial charge in [-0.3, -0.25) is 0 Å². The molecule has 1 aromatic rings. The van der Waals surface area contributed by atoms with E-state index in [0.717, 1.165) is 0 Å². The molecule has 0 saturated heterocycles. The van der Waals surface area contributed by atoms with Crippen LogP contribution in [0.4, 0.5) is 0 Å². The number of halogens is 1. The lowest BCUT2D eigenvalue weighted by Crippen LogP contribution is -2.17. The molecule has 0 bridgehead atoms. The summed E-state index contributed by atoms with van der Waals surface area (Å²) in [4.78, 5) is 0.320. The lowest BCUT2D eigenvalue weighted by Gasteiger charge is -2.10. The van der Waals surface area contributed by atoms with Crippen molar-refractivity contribution in [2.24, 2.45) is 11.7 Å². The fraction of sp³-hybridized carbons (Fsp3) is 0.455. The first kappa shape index (κ1) is 13.5. The Morgan fingerprint density at radius 2 is 1.88 bits per heavy atom. The third-order valence-corrected chi connectivity index (χ3v) is 4.59. The number of hydrogen-bond acceptors (Lipinski definition) is 3. The molecule has 0 aliphatic heterocycles. The third-order valence-electron chi connectivity index (χ3n) is 2.34. The molecule has 1 atom stereocenters. The van der Waals surface area contributed by atoms with E-state index in [2.05, 4.69) is 0 Å². The van der Waals surface area contributed by atoms with Crippen molar-refractivity contribution in [1.82, 2.24) is 0 Å². The lowest BCUT2D eigenvalue weighted by atomic mass is 10.1. The summed E-state index contributed by atoms with van der Waals surface area (Å²) in [5.41, 5.74) is 5.39. The van der Waals surface area contributed by atoms with Crippen LogP contribution in [-0.4, -0.2) is 20.7 Å². The SMILES string of the molecule is CC(CCN)CS(=O)(=O)c1ccc(Cl)cc1. The second-order valence-electron chi connectivity index (χ2n) is 3.92. The summed E-state index contributed by atoms with van der Waals surface area (Å²) in [6.45, 7) is 2.40. The summed E-state index contributed by atoms with van der Waals surface area (Å²) < 4.78 is 23.9. The second-order valence-corrected chi connectivity index (χ2v) is 6.39. The first-order valence-electron chi connectivity index (χ1n) is 5.14. The van der Waals surface area contributed by atoms with Gasteiger partial charge in [-0.15, -0.1) is 0 Å². The Morgan fingerprint density at radius 3 is 2.38 bits per heavy atom. The normalized spacial score (nSPS) is 13.7. The second kappa shape index (κ2) is 5.66. The van der Waals surface area contributed by atoms with Crippen LogP contribution >= 0.6 is 11.6 Å². The highest BCUT2D eigenvalue weighted by molar-refractivity contribution is 7.91. The van der Waals surface area contributed by atoms with Crippen molar-refractivity contribution >= 4 is 21.4 Å². The predicted molar refractivity (Wildman–Crippen MR) is 66.3 cm³/mol. The van der Waals surface area contributed by atoms with E-state index >= 15 is 0 Å². The summed E-state index contributed by atoms with van der Waals surface area (Å²) in [6.07, 6.45) is 0.715. The average molecular weight is 262 g/mol. The molecule has 1 unspecified atom stereocenters. The maximum absolute atomic E-state index is 11.9. The van der Waals surface area contributed by atoms with Crippen LogP contribution in [0.3, 0.4) is 0 Å². The zero-order valence-electron chi connectivity index (χ0n) is 9.19. The first-order chi connectivity index (χ1) is 7.45. The molecular weight excluding hydrogens is 246 g/mol. The first-order valence-corrected chi connectivity index (χ1v) is 7.17. The van der Waals surface area contributed by atoms with Crippen LogP contribution in [0.2, 0.25) is 5.02 Å². The molecule has 0 spiro atoms. The molecule has 0 radical (unpaired) electrons. The highest BCUT2D eigenvalue weighted by Gasteiger charge is 2.17. The Kier molecular flexibility index (Phi) is 4.77. The van der Waals surface area contributed by atoms with Crippen LogP contribution < -0.4 is 5.73 Å².